The SMILES string of the molecule is CN(C)C(c1ccccc1)C1CCCCC1(O)Cc1cccc(F)c1. The van der Waals surface area contributed by atoms with Gasteiger partial charge in [0.1, 0.15) is 5.82 Å². The average molecular weight is 341 g/mol. The fraction of sp³-hybridized carbons (Fsp3) is 0.455. The first-order valence-corrected chi connectivity index (χ1v) is 9.18. The molecule has 3 atom stereocenters. The van der Waals surface area contributed by atoms with E-state index in [4.69, 9.17) is 0 Å². The summed E-state index contributed by atoms with van der Waals surface area (Å²) >= 11 is 0. The van der Waals surface area contributed by atoms with E-state index in [2.05, 4.69) is 43.3 Å². The summed E-state index contributed by atoms with van der Waals surface area (Å²) in [6.45, 7) is 0. The standard InChI is InChI=1S/C22H28FNO/c1-24(2)21(18-10-4-3-5-11-18)20-13-6-7-14-22(20,25)16-17-9-8-12-19(23)15-17/h3-5,8-12,15,20-21,25H,6-7,13-14,16H2,1-2H3. The van der Waals surface area contributed by atoms with Crippen molar-refractivity contribution in [3.63, 3.8) is 0 Å². The largest absolute Gasteiger partial charge is 0.389 e. The number of rotatable bonds is 5. The second-order valence-electron chi connectivity index (χ2n) is 7.58. The van der Waals surface area contributed by atoms with E-state index >= 15 is 0 Å². The van der Waals surface area contributed by atoms with Crippen LogP contribution in [0.1, 0.15) is 42.9 Å². The van der Waals surface area contributed by atoms with Gasteiger partial charge in [0.2, 0.25) is 0 Å². The molecule has 1 N–H and O–H groups in total. The molecule has 2 aromatic carbocycles. The van der Waals surface area contributed by atoms with Crippen molar-refractivity contribution in [2.75, 3.05) is 14.1 Å². The molecule has 0 spiro atoms. The molecule has 1 saturated carbocycles. The summed E-state index contributed by atoms with van der Waals surface area (Å²) in [5.41, 5.74) is 1.30. The molecule has 0 aromatic heterocycles. The summed E-state index contributed by atoms with van der Waals surface area (Å²) in [6, 6.07) is 17.2. The number of halogens is 1. The Morgan fingerprint density at radius 2 is 1.88 bits per heavy atom. The van der Waals surface area contributed by atoms with Crippen LogP contribution >= 0.6 is 0 Å². The maximum Gasteiger partial charge on any atom is 0.123 e. The van der Waals surface area contributed by atoms with Gasteiger partial charge in [-0.1, -0.05) is 55.3 Å². The molecule has 1 fully saturated rings. The summed E-state index contributed by atoms with van der Waals surface area (Å²) in [5.74, 6) is -0.109. The lowest BCUT2D eigenvalue weighted by molar-refractivity contribution is -0.0771. The molecular weight excluding hydrogens is 313 g/mol. The third kappa shape index (κ3) is 4.10. The number of nitrogens with zero attached hydrogens (tertiary/aromatic N) is 1. The Labute approximate surface area is 150 Å². The molecule has 2 aromatic rings. The maximum atomic E-state index is 13.6. The van der Waals surface area contributed by atoms with E-state index < -0.39 is 5.60 Å². The zero-order chi connectivity index (χ0) is 17.9. The Morgan fingerprint density at radius 1 is 1.12 bits per heavy atom. The van der Waals surface area contributed by atoms with Gasteiger partial charge in [-0.15, -0.1) is 0 Å². The van der Waals surface area contributed by atoms with Crippen LogP contribution in [0.4, 0.5) is 4.39 Å². The number of aliphatic hydroxyl groups is 1. The molecule has 0 radical (unpaired) electrons. The normalized spacial score (nSPS) is 25.1. The van der Waals surface area contributed by atoms with Crippen LogP contribution < -0.4 is 0 Å². The van der Waals surface area contributed by atoms with Crippen LogP contribution in [0, 0.1) is 11.7 Å². The molecule has 1 aliphatic carbocycles. The number of hydrogen-bond donors (Lipinski definition) is 1. The first kappa shape index (κ1) is 18.1. The van der Waals surface area contributed by atoms with E-state index in [-0.39, 0.29) is 17.8 Å². The van der Waals surface area contributed by atoms with Gasteiger partial charge in [-0.25, -0.2) is 4.39 Å². The van der Waals surface area contributed by atoms with Gasteiger partial charge >= 0.3 is 0 Å². The smallest absolute Gasteiger partial charge is 0.123 e. The van der Waals surface area contributed by atoms with Crippen LogP contribution in [0.2, 0.25) is 0 Å². The molecule has 3 rings (SSSR count). The van der Waals surface area contributed by atoms with Crippen LogP contribution in [-0.4, -0.2) is 29.7 Å². The van der Waals surface area contributed by atoms with Gasteiger partial charge in [0, 0.05) is 18.4 Å². The Balaban J connectivity index is 1.93. The molecule has 0 saturated heterocycles. The summed E-state index contributed by atoms with van der Waals surface area (Å²) in [4.78, 5) is 2.21. The highest BCUT2D eigenvalue weighted by Gasteiger charge is 2.44. The van der Waals surface area contributed by atoms with Gasteiger partial charge in [0.05, 0.1) is 5.60 Å². The quantitative estimate of drug-likeness (QED) is 0.860. The van der Waals surface area contributed by atoms with Crippen molar-refractivity contribution in [1.82, 2.24) is 4.90 Å². The van der Waals surface area contributed by atoms with E-state index in [9.17, 15) is 9.50 Å². The average Bonchev–Trinajstić information content (AvgIpc) is 2.57. The molecule has 1 aliphatic rings. The van der Waals surface area contributed by atoms with Gasteiger partial charge in [0.15, 0.2) is 0 Å². The summed E-state index contributed by atoms with van der Waals surface area (Å²) < 4.78 is 13.6. The third-order valence-corrected chi connectivity index (χ3v) is 5.54. The van der Waals surface area contributed by atoms with Crippen LogP contribution in [0.5, 0.6) is 0 Å². The van der Waals surface area contributed by atoms with E-state index in [0.29, 0.717) is 6.42 Å². The molecule has 25 heavy (non-hydrogen) atoms. The van der Waals surface area contributed by atoms with Crippen molar-refractivity contribution in [2.24, 2.45) is 5.92 Å². The molecule has 0 bridgehead atoms. The van der Waals surface area contributed by atoms with Crippen molar-refractivity contribution in [3.8, 4) is 0 Å². The lowest BCUT2D eigenvalue weighted by atomic mass is 9.67. The predicted octanol–water partition coefficient (Wildman–Crippen LogP) is 4.59. The van der Waals surface area contributed by atoms with Crippen molar-refractivity contribution in [1.29, 1.82) is 0 Å². The molecular formula is C22H28FNO. The minimum Gasteiger partial charge on any atom is -0.389 e. The molecule has 0 heterocycles. The molecule has 0 amide bonds. The molecule has 0 aliphatic heterocycles. The van der Waals surface area contributed by atoms with Crippen LogP contribution in [-0.2, 0) is 6.42 Å². The third-order valence-electron chi connectivity index (χ3n) is 5.54. The first-order chi connectivity index (χ1) is 12.0. The second-order valence-corrected chi connectivity index (χ2v) is 7.58. The fourth-order valence-corrected chi connectivity index (χ4v) is 4.46. The van der Waals surface area contributed by atoms with Crippen LogP contribution in [0.25, 0.3) is 0 Å². The van der Waals surface area contributed by atoms with Crippen molar-refractivity contribution in [3.05, 3.63) is 71.5 Å². The topological polar surface area (TPSA) is 23.5 Å². The molecule has 3 heteroatoms. The minimum absolute atomic E-state index is 0.127. The van der Waals surface area contributed by atoms with E-state index in [1.54, 1.807) is 12.1 Å². The number of hydrogen-bond acceptors (Lipinski definition) is 2. The van der Waals surface area contributed by atoms with Crippen LogP contribution in [0.15, 0.2) is 54.6 Å². The zero-order valence-electron chi connectivity index (χ0n) is 15.2. The van der Waals surface area contributed by atoms with Crippen LogP contribution in [0.3, 0.4) is 0 Å². The van der Waals surface area contributed by atoms with Gasteiger partial charge < -0.3 is 10.0 Å². The number of benzene rings is 2. The summed E-state index contributed by atoms with van der Waals surface area (Å²) in [7, 11) is 4.16. The lowest BCUT2D eigenvalue weighted by Crippen LogP contribution is -2.48. The maximum absolute atomic E-state index is 13.6. The summed E-state index contributed by atoms with van der Waals surface area (Å²) in [6.07, 6.45) is 4.42. The van der Waals surface area contributed by atoms with E-state index in [0.717, 1.165) is 31.2 Å². The van der Waals surface area contributed by atoms with E-state index in [1.165, 1.54) is 11.6 Å². The molecule has 134 valence electrons. The van der Waals surface area contributed by atoms with Gasteiger partial charge in [-0.3, -0.25) is 0 Å². The fourth-order valence-electron chi connectivity index (χ4n) is 4.46. The molecule has 3 unspecified atom stereocenters. The monoisotopic (exact) mass is 341 g/mol. The highest BCUT2D eigenvalue weighted by molar-refractivity contribution is 5.24. The highest BCUT2D eigenvalue weighted by Crippen LogP contribution is 2.45. The Morgan fingerprint density at radius 3 is 2.56 bits per heavy atom. The van der Waals surface area contributed by atoms with Crippen molar-refractivity contribution in [2.45, 2.75) is 43.7 Å². The van der Waals surface area contributed by atoms with Crippen molar-refractivity contribution >= 4 is 0 Å². The second kappa shape index (κ2) is 7.67. The Hall–Kier alpha value is -1.71. The van der Waals surface area contributed by atoms with Gasteiger partial charge in [-0.05, 0) is 50.2 Å². The first-order valence-electron chi connectivity index (χ1n) is 9.18. The predicted molar refractivity (Wildman–Crippen MR) is 99.9 cm³/mol. The Kier molecular flexibility index (Phi) is 5.55. The van der Waals surface area contributed by atoms with Gasteiger partial charge in [-0.2, -0.15) is 0 Å². The van der Waals surface area contributed by atoms with Gasteiger partial charge in [0.25, 0.3) is 0 Å². The lowest BCUT2D eigenvalue weighted by Gasteiger charge is -2.46. The zero-order valence-corrected chi connectivity index (χ0v) is 15.2. The highest BCUT2D eigenvalue weighted by atomic mass is 19.1. The van der Waals surface area contributed by atoms with E-state index in [1.807, 2.05) is 12.1 Å². The molecule has 2 nitrogen and oxygen atoms in total. The Bertz CT molecular complexity index is 687. The van der Waals surface area contributed by atoms with Crippen molar-refractivity contribution < 1.29 is 9.50 Å². The summed E-state index contributed by atoms with van der Waals surface area (Å²) in [5, 5.41) is 11.6. The minimum atomic E-state index is -0.809.